The van der Waals surface area contributed by atoms with E-state index in [0.717, 1.165) is 31.5 Å². The van der Waals surface area contributed by atoms with Crippen LogP contribution in [0.4, 0.5) is 4.79 Å². The Morgan fingerprint density at radius 1 is 1.45 bits per heavy atom. The maximum Gasteiger partial charge on any atom is 0.407 e. The fraction of sp³-hybridized carbons (Fsp3) is 0.750. The molecule has 1 amide bonds. The number of rotatable bonds is 8. The molecule has 0 aliphatic rings. The molecule has 1 rings (SSSR count). The van der Waals surface area contributed by atoms with E-state index in [9.17, 15) is 4.79 Å². The first-order valence-corrected chi connectivity index (χ1v) is 8.79. The zero-order chi connectivity index (χ0) is 16.6. The lowest BCUT2D eigenvalue weighted by molar-refractivity contribution is 0.0521. The van der Waals surface area contributed by atoms with Crippen LogP contribution in [0.15, 0.2) is 5.51 Å². The van der Waals surface area contributed by atoms with E-state index in [2.05, 4.69) is 22.5 Å². The highest BCUT2D eigenvalue weighted by atomic mass is 32.1. The van der Waals surface area contributed by atoms with Crippen molar-refractivity contribution in [3.63, 3.8) is 0 Å². The molecule has 1 aromatic heterocycles. The summed E-state index contributed by atoms with van der Waals surface area (Å²) >= 11 is 1.66. The summed E-state index contributed by atoms with van der Waals surface area (Å²) in [5, 5.41) is 6.37. The number of alkyl carbamates (subject to hydrolysis) is 1. The van der Waals surface area contributed by atoms with E-state index in [1.165, 1.54) is 4.88 Å². The third-order valence-corrected chi connectivity index (χ3v) is 4.13. The smallest absolute Gasteiger partial charge is 0.407 e. The van der Waals surface area contributed by atoms with Crippen molar-refractivity contribution in [3.05, 3.63) is 16.1 Å². The van der Waals surface area contributed by atoms with E-state index in [0.29, 0.717) is 6.54 Å². The van der Waals surface area contributed by atoms with Crippen molar-refractivity contribution in [2.75, 3.05) is 6.54 Å². The van der Waals surface area contributed by atoms with E-state index < -0.39 is 5.60 Å². The molecule has 0 saturated heterocycles. The van der Waals surface area contributed by atoms with Crippen molar-refractivity contribution in [2.45, 2.75) is 72.1 Å². The molecule has 1 unspecified atom stereocenters. The van der Waals surface area contributed by atoms with E-state index in [1.807, 2.05) is 33.2 Å². The van der Waals surface area contributed by atoms with Crippen LogP contribution in [0.3, 0.4) is 0 Å². The van der Waals surface area contributed by atoms with Crippen molar-refractivity contribution in [1.82, 2.24) is 15.6 Å². The highest BCUT2D eigenvalue weighted by Gasteiger charge is 2.17. The molecule has 5 nitrogen and oxygen atoms in total. The fourth-order valence-corrected chi connectivity index (χ4v) is 2.71. The largest absolute Gasteiger partial charge is 0.444 e. The number of nitrogens with one attached hydrogen (secondary N) is 2. The normalized spacial score (nSPS) is 13.0. The van der Waals surface area contributed by atoms with Crippen LogP contribution in [0.1, 0.15) is 57.5 Å². The molecule has 126 valence electrons. The molecule has 1 atom stereocenters. The quantitative estimate of drug-likeness (QED) is 0.765. The summed E-state index contributed by atoms with van der Waals surface area (Å²) in [6.07, 6.45) is 2.95. The molecule has 0 aliphatic heterocycles. The van der Waals surface area contributed by atoms with Gasteiger partial charge in [0.25, 0.3) is 0 Å². The average Bonchev–Trinajstić information content (AvgIpc) is 2.81. The molecule has 0 fully saturated rings. The van der Waals surface area contributed by atoms with Crippen LogP contribution in [0, 0.1) is 6.92 Å². The Labute approximate surface area is 137 Å². The summed E-state index contributed by atoms with van der Waals surface area (Å²) in [5.41, 5.74) is 2.48. The Hall–Kier alpha value is -1.14. The summed E-state index contributed by atoms with van der Waals surface area (Å²) < 4.78 is 5.28. The highest BCUT2D eigenvalue weighted by molar-refractivity contribution is 7.09. The molecular weight excluding hydrogens is 298 g/mol. The second kappa shape index (κ2) is 9.10. The van der Waals surface area contributed by atoms with Crippen LogP contribution >= 0.6 is 11.3 Å². The Morgan fingerprint density at radius 2 is 2.18 bits per heavy atom. The first-order valence-electron chi connectivity index (χ1n) is 7.91. The summed E-state index contributed by atoms with van der Waals surface area (Å²) in [6.45, 7) is 11.2. The van der Waals surface area contributed by atoms with Crippen molar-refractivity contribution < 1.29 is 9.53 Å². The van der Waals surface area contributed by atoms with Gasteiger partial charge in [-0.1, -0.05) is 19.8 Å². The van der Waals surface area contributed by atoms with Gasteiger partial charge >= 0.3 is 6.09 Å². The van der Waals surface area contributed by atoms with Gasteiger partial charge in [0.2, 0.25) is 0 Å². The van der Waals surface area contributed by atoms with Gasteiger partial charge in [-0.3, -0.25) is 0 Å². The molecule has 0 spiro atoms. The SMILES string of the molecule is CCCCC(CNC(=O)OC(C)(C)C)NCc1scnc1C. The Balaban J connectivity index is 2.43. The molecular formula is C16H29N3O2S. The minimum Gasteiger partial charge on any atom is -0.444 e. The number of unbranched alkanes of at least 4 members (excludes halogenated alkanes) is 1. The Morgan fingerprint density at radius 3 is 2.73 bits per heavy atom. The number of thiazole rings is 1. The number of amides is 1. The molecule has 0 aliphatic carbocycles. The van der Waals surface area contributed by atoms with Crippen LogP contribution in [-0.2, 0) is 11.3 Å². The number of hydrogen-bond acceptors (Lipinski definition) is 5. The van der Waals surface area contributed by atoms with Crippen molar-refractivity contribution in [2.24, 2.45) is 0 Å². The molecule has 0 aromatic carbocycles. The maximum atomic E-state index is 11.8. The van der Waals surface area contributed by atoms with Gasteiger partial charge in [0.15, 0.2) is 0 Å². The minimum absolute atomic E-state index is 0.244. The molecule has 1 heterocycles. The van der Waals surface area contributed by atoms with Crippen LogP contribution in [-0.4, -0.2) is 29.3 Å². The number of aromatic nitrogens is 1. The molecule has 1 aromatic rings. The van der Waals surface area contributed by atoms with Gasteiger partial charge in [0.1, 0.15) is 5.60 Å². The number of carbonyl (C=O) groups excluding carboxylic acids is 1. The molecule has 0 radical (unpaired) electrons. The average molecular weight is 327 g/mol. The minimum atomic E-state index is -0.462. The molecule has 22 heavy (non-hydrogen) atoms. The first kappa shape index (κ1) is 18.9. The number of carbonyl (C=O) groups is 1. The molecule has 0 bridgehead atoms. The highest BCUT2D eigenvalue weighted by Crippen LogP contribution is 2.12. The topological polar surface area (TPSA) is 63.2 Å². The van der Waals surface area contributed by atoms with E-state index in [-0.39, 0.29) is 12.1 Å². The lowest BCUT2D eigenvalue weighted by Gasteiger charge is -2.22. The second-order valence-corrected chi connectivity index (χ2v) is 7.40. The number of nitrogens with zero attached hydrogens (tertiary/aromatic N) is 1. The molecule has 6 heteroatoms. The van der Waals surface area contributed by atoms with Gasteiger partial charge < -0.3 is 15.4 Å². The third kappa shape index (κ3) is 7.75. The van der Waals surface area contributed by atoms with E-state index in [1.54, 1.807) is 11.3 Å². The predicted octanol–water partition coefficient (Wildman–Crippen LogP) is 3.62. The van der Waals surface area contributed by atoms with E-state index in [4.69, 9.17) is 4.74 Å². The van der Waals surface area contributed by atoms with Gasteiger partial charge in [-0.05, 0) is 34.1 Å². The third-order valence-electron chi connectivity index (χ3n) is 3.19. The van der Waals surface area contributed by atoms with Crippen molar-refractivity contribution in [3.8, 4) is 0 Å². The number of aryl methyl sites for hydroxylation is 1. The fourth-order valence-electron chi connectivity index (χ4n) is 1.98. The van der Waals surface area contributed by atoms with Crippen LogP contribution < -0.4 is 10.6 Å². The summed E-state index contributed by atoms with van der Waals surface area (Å²) in [5.74, 6) is 0. The summed E-state index contributed by atoms with van der Waals surface area (Å²) in [7, 11) is 0. The number of ether oxygens (including phenoxy) is 1. The molecule has 0 saturated carbocycles. The summed E-state index contributed by atoms with van der Waals surface area (Å²) in [6, 6.07) is 0.244. The Kier molecular flexibility index (Phi) is 7.82. The van der Waals surface area contributed by atoms with Crippen molar-refractivity contribution in [1.29, 1.82) is 0 Å². The van der Waals surface area contributed by atoms with Gasteiger partial charge in [-0.2, -0.15) is 0 Å². The standard InChI is InChI=1S/C16H29N3O2S/c1-6-7-8-13(9-18-15(20)21-16(3,4)5)17-10-14-12(2)19-11-22-14/h11,13,17H,6-10H2,1-5H3,(H,18,20). The lowest BCUT2D eigenvalue weighted by atomic mass is 10.1. The summed E-state index contributed by atoms with van der Waals surface area (Å²) in [4.78, 5) is 17.3. The van der Waals surface area contributed by atoms with Gasteiger partial charge in [-0.15, -0.1) is 11.3 Å². The van der Waals surface area contributed by atoms with Gasteiger partial charge in [0, 0.05) is 24.0 Å². The molecule has 2 N–H and O–H groups in total. The van der Waals surface area contributed by atoms with Crippen molar-refractivity contribution >= 4 is 17.4 Å². The maximum absolute atomic E-state index is 11.8. The zero-order valence-electron chi connectivity index (χ0n) is 14.4. The van der Waals surface area contributed by atoms with Crippen LogP contribution in [0.5, 0.6) is 0 Å². The van der Waals surface area contributed by atoms with E-state index >= 15 is 0 Å². The van der Waals surface area contributed by atoms with Gasteiger partial charge in [0.05, 0.1) is 11.2 Å². The van der Waals surface area contributed by atoms with Gasteiger partial charge in [-0.25, -0.2) is 9.78 Å². The second-order valence-electron chi connectivity index (χ2n) is 6.46. The van der Waals surface area contributed by atoms with Crippen LogP contribution in [0.2, 0.25) is 0 Å². The number of hydrogen-bond donors (Lipinski definition) is 2. The zero-order valence-corrected chi connectivity index (χ0v) is 15.2. The predicted molar refractivity (Wildman–Crippen MR) is 91.2 cm³/mol. The van der Waals surface area contributed by atoms with Crippen LogP contribution in [0.25, 0.3) is 0 Å². The Bertz CT molecular complexity index is 454. The first-order chi connectivity index (χ1) is 10.3. The monoisotopic (exact) mass is 327 g/mol. The lowest BCUT2D eigenvalue weighted by Crippen LogP contribution is -2.42.